The number of Topliss-reactive ketones (excluding diaryl/α,β-unsaturated/α-hetero) is 1. The summed E-state index contributed by atoms with van der Waals surface area (Å²) in [6.07, 6.45) is 0.377. The second kappa shape index (κ2) is 15.6. The lowest BCUT2D eigenvalue weighted by Crippen LogP contribution is -2.39. The Morgan fingerprint density at radius 3 is 2.53 bits per heavy atom. The number of ether oxygens (including phenoxy) is 3. The van der Waals surface area contributed by atoms with E-state index in [1.165, 1.54) is 6.92 Å². The summed E-state index contributed by atoms with van der Waals surface area (Å²) in [6, 6.07) is 4.87. The summed E-state index contributed by atoms with van der Waals surface area (Å²) < 4.78 is 16.2. The van der Waals surface area contributed by atoms with Gasteiger partial charge in [0.15, 0.2) is 5.78 Å². The van der Waals surface area contributed by atoms with Gasteiger partial charge in [0.05, 0.1) is 12.2 Å². The van der Waals surface area contributed by atoms with Crippen LogP contribution in [0, 0.1) is 10.1 Å². The first-order valence-corrected chi connectivity index (χ1v) is 11.0. The van der Waals surface area contributed by atoms with E-state index < -0.39 is 23.8 Å². The maximum Gasteiger partial charge on any atom is 0.332 e. The molecule has 0 radical (unpaired) electrons. The van der Waals surface area contributed by atoms with Crippen LogP contribution in [0.15, 0.2) is 18.2 Å². The number of rotatable bonds is 17. The van der Waals surface area contributed by atoms with Gasteiger partial charge in [-0.2, -0.15) is 0 Å². The molecule has 0 fully saturated rings. The molecule has 0 aromatic heterocycles. The van der Waals surface area contributed by atoms with Gasteiger partial charge < -0.3 is 29.7 Å². The number of ketones is 1. The van der Waals surface area contributed by atoms with Gasteiger partial charge in [0.1, 0.15) is 31.7 Å². The normalized spacial score (nSPS) is 11.6. The summed E-state index contributed by atoms with van der Waals surface area (Å²) >= 11 is 0. The maximum atomic E-state index is 12.1. The molecule has 190 valence electrons. The molecule has 1 rings (SSSR count). The van der Waals surface area contributed by atoms with Crippen LogP contribution in [-0.2, 0) is 23.9 Å². The van der Waals surface area contributed by atoms with Crippen molar-refractivity contribution in [3.8, 4) is 5.75 Å². The molecule has 0 spiro atoms. The molecule has 1 aromatic carbocycles. The van der Waals surface area contributed by atoms with Crippen LogP contribution in [0.1, 0.15) is 50.9 Å². The smallest absolute Gasteiger partial charge is 0.332 e. The lowest BCUT2D eigenvalue weighted by atomic mass is 10.1. The van der Waals surface area contributed by atoms with Crippen LogP contribution < -0.4 is 15.4 Å². The maximum absolute atomic E-state index is 12.1. The average Bonchev–Trinajstić information content (AvgIpc) is 2.75. The van der Waals surface area contributed by atoms with E-state index in [0.717, 1.165) is 0 Å². The highest BCUT2D eigenvalue weighted by molar-refractivity contribution is 5.99. The molecule has 0 aliphatic heterocycles. The SMILES string of the molecule is CCCC(=O)Nc1ccc(OCC(CNC(C)C)OC(=O)COCCO[N+](=O)[O-])c(C(C)=O)c1. The van der Waals surface area contributed by atoms with Crippen LogP contribution in [0.25, 0.3) is 0 Å². The van der Waals surface area contributed by atoms with E-state index >= 15 is 0 Å². The topological polar surface area (TPSA) is 155 Å². The monoisotopic (exact) mass is 483 g/mol. The Bertz CT molecular complexity index is 830. The predicted octanol–water partition coefficient (Wildman–Crippen LogP) is 2.14. The van der Waals surface area contributed by atoms with Crippen LogP contribution in [-0.4, -0.2) is 67.9 Å². The van der Waals surface area contributed by atoms with Gasteiger partial charge in [-0.15, -0.1) is 10.1 Å². The Kier molecular flexibility index (Phi) is 13.2. The fourth-order valence-electron chi connectivity index (χ4n) is 2.69. The minimum absolute atomic E-state index is 0.0439. The van der Waals surface area contributed by atoms with Gasteiger partial charge >= 0.3 is 5.97 Å². The number of hydrogen-bond acceptors (Lipinski definition) is 10. The first-order valence-electron chi connectivity index (χ1n) is 11.0. The zero-order valence-electron chi connectivity index (χ0n) is 20.0. The van der Waals surface area contributed by atoms with Crippen molar-refractivity contribution in [2.75, 3.05) is 38.3 Å². The molecule has 2 N–H and O–H groups in total. The van der Waals surface area contributed by atoms with Crippen molar-refractivity contribution in [1.82, 2.24) is 5.32 Å². The largest absolute Gasteiger partial charge is 0.489 e. The molecule has 0 bridgehead atoms. The van der Waals surface area contributed by atoms with E-state index in [2.05, 4.69) is 15.5 Å². The number of amides is 1. The number of carbonyl (C=O) groups is 3. The van der Waals surface area contributed by atoms with Crippen molar-refractivity contribution in [2.45, 2.75) is 52.7 Å². The molecule has 1 aromatic rings. The fourth-order valence-corrected chi connectivity index (χ4v) is 2.69. The van der Waals surface area contributed by atoms with Crippen molar-refractivity contribution < 1.29 is 38.5 Å². The Morgan fingerprint density at radius 1 is 1.18 bits per heavy atom. The number of carbonyl (C=O) groups excluding carboxylic acids is 3. The van der Waals surface area contributed by atoms with Crippen LogP contribution in [0.4, 0.5) is 5.69 Å². The highest BCUT2D eigenvalue weighted by Gasteiger charge is 2.18. The quantitative estimate of drug-likeness (QED) is 0.111. The average molecular weight is 484 g/mol. The van der Waals surface area contributed by atoms with Gasteiger partial charge in [-0.05, 0) is 31.5 Å². The molecule has 0 saturated heterocycles. The fraction of sp³-hybridized carbons (Fsp3) is 0.591. The van der Waals surface area contributed by atoms with Crippen LogP contribution in [0.5, 0.6) is 5.75 Å². The molecular weight excluding hydrogens is 450 g/mol. The summed E-state index contributed by atoms with van der Waals surface area (Å²) in [4.78, 5) is 50.2. The third kappa shape index (κ3) is 12.1. The van der Waals surface area contributed by atoms with Crippen LogP contribution in [0.2, 0.25) is 0 Å². The van der Waals surface area contributed by atoms with E-state index in [9.17, 15) is 24.5 Å². The molecule has 0 aliphatic rings. The van der Waals surface area contributed by atoms with Gasteiger partial charge in [0.2, 0.25) is 5.91 Å². The summed E-state index contributed by atoms with van der Waals surface area (Å²) in [6.45, 7) is 6.52. The minimum Gasteiger partial charge on any atom is -0.489 e. The minimum atomic E-state index is -0.951. The molecule has 34 heavy (non-hydrogen) atoms. The zero-order valence-corrected chi connectivity index (χ0v) is 20.0. The highest BCUT2D eigenvalue weighted by Crippen LogP contribution is 2.24. The van der Waals surface area contributed by atoms with Crippen molar-refractivity contribution >= 4 is 23.3 Å². The molecule has 1 amide bonds. The van der Waals surface area contributed by atoms with Crippen LogP contribution in [0.3, 0.4) is 0 Å². The Morgan fingerprint density at radius 2 is 1.91 bits per heavy atom. The molecule has 12 heteroatoms. The first-order chi connectivity index (χ1) is 16.1. The lowest BCUT2D eigenvalue weighted by Gasteiger charge is -2.21. The summed E-state index contributed by atoms with van der Waals surface area (Å²) in [5.74, 6) is -0.786. The number of nitrogens with one attached hydrogen (secondary N) is 2. The van der Waals surface area contributed by atoms with Crippen LogP contribution >= 0.6 is 0 Å². The summed E-state index contributed by atoms with van der Waals surface area (Å²) in [7, 11) is 0. The highest BCUT2D eigenvalue weighted by atomic mass is 17.0. The van der Waals surface area contributed by atoms with Crippen molar-refractivity contribution in [3.63, 3.8) is 0 Å². The van der Waals surface area contributed by atoms with E-state index in [-0.39, 0.29) is 49.7 Å². The Hall–Kier alpha value is -3.25. The summed E-state index contributed by atoms with van der Waals surface area (Å²) in [5.41, 5.74) is 0.768. The third-order valence-electron chi connectivity index (χ3n) is 4.24. The second-order valence-corrected chi connectivity index (χ2v) is 7.66. The zero-order chi connectivity index (χ0) is 25.5. The number of benzene rings is 1. The molecular formula is C22H33N3O9. The molecule has 1 atom stereocenters. The Labute approximate surface area is 198 Å². The summed E-state index contributed by atoms with van der Waals surface area (Å²) in [5, 5.41) is 15.0. The molecule has 1 unspecified atom stereocenters. The first kappa shape index (κ1) is 28.8. The van der Waals surface area contributed by atoms with E-state index in [0.29, 0.717) is 24.3 Å². The van der Waals surface area contributed by atoms with E-state index in [1.807, 2.05) is 20.8 Å². The molecule has 0 heterocycles. The number of hydrogen-bond donors (Lipinski definition) is 2. The Balaban J connectivity index is 2.75. The second-order valence-electron chi connectivity index (χ2n) is 7.66. The van der Waals surface area contributed by atoms with Crippen molar-refractivity contribution in [2.24, 2.45) is 0 Å². The number of anilines is 1. The van der Waals surface area contributed by atoms with Crippen molar-refractivity contribution in [1.29, 1.82) is 0 Å². The third-order valence-corrected chi connectivity index (χ3v) is 4.24. The molecule has 0 aliphatic carbocycles. The van der Waals surface area contributed by atoms with Gasteiger partial charge in [-0.3, -0.25) is 9.59 Å². The number of nitrogens with zero attached hydrogens (tertiary/aromatic N) is 1. The lowest BCUT2D eigenvalue weighted by molar-refractivity contribution is -0.758. The standard InChI is InChI=1S/C22H33N3O9/c1-5-6-21(27)24-17-7-8-20(19(11-17)16(4)26)32-13-18(12-23-15(2)3)34-22(28)14-31-9-10-33-25(29)30/h7-8,11,15,18,23H,5-6,9-10,12-14H2,1-4H3,(H,24,27). The van der Waals surface area contributed by atoms with Gasteiger partial charge in [0.25, 0.3) is 5.09 Å². The molecule has 0 saturated carbocycles. The molecule has 12 nitrogen and oxygen atoms in total. The predicted molar refractivity (Wildman–Crippen MR) is 122 cm³/mol. The number of esters is 1. The van der Waals surface area contributed by atoms with E-state index in [4.69, 9.17) is 14.2 Å². The van der Waals surface area contributed by atoms with Crippen molar-refractivity contribution in [3.05, 3.63) is 33.9 Å². The van der Waals surface area contributed by atoms with Gasteiger partial charge in [0, 0.05) is 24.7 Å². The van der Waals surface area contributed by atoms with Gasteiger partial charge in [-0.1, -0.05) is 20.8 Å². The van der Waals surface area contributed by atoms with E-state index in [1.54, 1.807) is 18.2 Å². The van der Waals surface area contributed by atoms with Gasteiger partial charge in [-0.25, -0.2) is 4.79 Å².